The van der Waals surface area contributed by atoms with Crippen LogP contribution in [0.15, 0.2) is 30.3 Å². The van der Waals surface area contributed by atoms with Gasteiger partial charge in [-0.1, -0.05) is 24.6 Å². The van der Waals surface area contributed by atoms with Crippen molar-refractivity contribution in [1.82, 2.24) is 15.1 Å². The molecule has 0 radical (unpaired) electrons. The maximum Gasteiger partial charge on any atom is 0.251 e. The Labute approximate surface area is 162 Å². The highest BCUT2D eigenvalue weighted by molar-refractivity contribution is 5.94. The van der Waals surface area contributed by atoms with Gasteiger partial charge in [0, 0.05) is 36.8 Å². The second kappa shape index (κ2) is 8.42. The Morgan fingerprint density at radius 3 is 2.26 bits per heavy atom. The van der Waals surface area contributed by atoms with Gasteiger partial charge < -0.3 is 10.2 Å². The molecule has 146 valence electrons. The van der Waals surface area contributed by atoms with Crippen LogP contribution < -0.4 is 5.32 Å². The van der Waals surface area contributed by atoms with Gasteiger partial charge in [0.25, 0.3) is 5.91 Å². The van der Waals surface area contributed by atoms with Crippen LogP contribution in [0.4, 0.5) is 0 Å². The van der Waals surface area contributed by atoms with Crippen LogP contribution in [0.2, 0.25) is 0 Å². The van der Waals surface area contributed by atoms with Crippen molar-refractivity contribution < 1.29 is 9.59 Å². The second-order valence-electron chi connectivity index (χ2n) is 8.36. The largest absolute Gasteiger partial charge is 0.349 e. The van der Waals surface area contributed by atoms with Gasteiger partial charge in [-0.15, -0.1) is 0 Å². The molecule has 3 fully saturated rings. The third-order valence-electron chi connectivity index (χ3n) is 6.52. The summed E-state index contributed by atoms with van der Waals surface area (Å²) < 4.78 is 0. The van der Waals surface area contributed by atoms with Crippen molar-refractivity contribution in [1.29, 1.82) is 0 Å². The number of carbonyl (C=O) groups excluding carboxylic acids is 2. The molecular formula is C22H31N3O2. The van der Waals surface area contributed by atoms with Crippen LogP contribution in [0.3, 0.4) is 0 Å². The third kappa shape index (κ3) is 4.34. The number of hydrogen-bond acceptors (Lipinski definition) is 3. The van der Waals surface area contributed by atoms with Crippen LogP contribution in [-0.2, 0) is 4.79 Å². The van der Waals surface area contributed by atoms with E-state index in [-0.39, 0.29) is 11.9 Å². The average Bonchev–Trinajstić information content (AvgIpc) is 2.70. The molecule has 0 unspecified atom stereocenters. The Balaban J connectivity index is 1.36. The quantitative estimate of drug-likeness (QED) is 0.888. The van der Waals surface area contributed by atoms with Gasteiger partial charge in [0.2, 0.25) is 5.91 Å². The molecule has 0 aliphatic carbocycles. The molecule has 3 saturated heterocycles. The van der Waals surface area contributed by atoms with E-state index < -0.39 is 0 Å². The van der Waals surface area contributed by atoms with Crippen molar-refractivity contribution in [3.8, 4) is 0 Å². The van der Waals surface area contributed by atoms with Crippen molar-refractivity contribution >= 4 is 11.8 Å². The number of hydrogen-bond donors (Lipinski definition) is 1. The highest BCUT2D eigenvalue weighted by Gasteiger charge is 2.40. The number of carbonyl (C=O) groups is 2. The van der Waals surface area contributed by atoms with E-state index >= 15 is 0 Å². The zero-order valence-corrected chi connectivity index (χ0v) is 16.1. The van der Waals surface area contributed by atoms with Crippen molar-refractivity contribution in [3.05, 3.63) is 35.9 Å². The molecule has 2 atom stereocenters. The fourth-order valence-electron chi connectivity index (χ4n) is 5.11. The van der Waals surface area contributed by atoms with E-state index in [0.717, 1.165) is 57.2 Å². The molecule has 4 rings (SSSR count). The fourth-order valence-corrected chi connectivity index (χ4v) is 5.11. The van der Waals surface area contributed by atoms with Gasteiger partial charge in [0.15, 0.2) is 0 Å². The fraction of sp³-hybridized carbons (Fsp3) is 0.636. The van der Waals surface area contributed by atoms with Gasteiger partial charge in [-0.25, -0.2) is 0 Å². The van der Waals surface area contributed by atoms with Crippen molar-refractivity contribution in [2.45, 2.75) is 69.5 Å². The number of piperidine rings is 3. The lowest BCUT2D eigenvalue weighted by Crippen LogP contribution is -2.59. The highest BCUT2D eigenvalue weighted by atomic mass is 16.2. The minimum atomic E-state index is 0.0246. The number of nitrogens with zero attached hydrogens (tertiary/aromatic N) is 2. The number of likely N-dealkylation sites (tertiary alicyclic amines) is 1. The molecule has 3 aliphatic rings. The molecule has 0 spiro atoms. The smallest absolute Gasteiger partial charge is 0.251 e. The molecule has 1 aromatic carbocycles. The Bertz CT molecular complexity index is 643. The molecule has 3 heterocycles. The first-order valence-corrected chi connectivity index (χ1v) is 10.6. The summed E-state index contributed by atoms with van der Waals surface area (Å²) in [5.74, 6) is 0.329. The number of benzene rings is 1. The van der Waals surface area contributed by atoms with Gasteiger partial charge in [0.1, 0.15) is 0 Å². The standard InChI is InChI=1S/C22H31N3O2/c26-21(24-12-5-2-6-13-24)16-25-19-10-7-11-20(25)15-18(14-19)23-22(27)17-8-3-1-4-9-17/h1,3-4,8-9,18-20H,2,5-7,10-16H2,(H,23,27)/t19-,20-/m1/s1. The Hall–Kier alpha value is -1.88. The van der Waals surface area contributed by atoms with Crippen molar-refractivity contribution in [2.24, 2.45) is 0 Å². The predicted octanol–water partition coefficient (Wildman–Crippen LogP) is 2.81. The van der Waals surface area contributed by atoms with E-state index in [1.807, 2.05) is 30.3 Å². The number of amides is 2. The lowest BCUT2D eigenvalue weighted by molar-refractivity contribution is -0.136. The Morgan fingerprint density at radius 1 is 0.926 bits per heavy atom. The number of fused-ring (bicyclic) bond motifs is 2. The lowest BCUT2D eigenvalue weighted by atomic mass is 9.81. The summed E-state index contributed by atoms with van der Waals surface area (Å²) in [7, 11) is 0. The summed E-state index contributed by atoms with van der Waals surface area (Å²) in [6.45, 7) is 2.42. The number of rotatable bonds is 4. The van der Waals surface area contributed by atoms with E-state index in [2.05, 4.69) is 15.1 Å². The molecule has 3 aliphatic heterocycles. The van der Waals surface area contributed by atoms with Crippen LogP contribution in [0.5, 0.6) is 0 Å². The molecule has 0 saturated carbocycles. The summed E-state index contributed by atoms with van der Waals surface area (Å²) in [4.78, 5) is 29.8. The molecular weight excluding hydrogens is 338 g/mol. The first-order chi connectivity index (χ1) is 13.2. The summed E-state index contributed by atoms with van der Waals surface area (Å²) in [5.41, 5.74) is 0.727. The van der Waals surface area contributed by atoms with Gasteiger partial charge in [-0.2, -0.15) is 0 Å². The molecule has 1 aromatic rings. The summed E-state index contributed by atoms with van der Waals surface area (Å²) in [5, 5.41) is 3.24. The predicted molar refractivity (Wildman–Crippen MR) is 105 cm³/mol. The maximum absolute atomic E-state index is 12.8. The highest BCUT2D eigenvalue weighted by Crippen LogP contribution is 2.34. The van der Waals surface area contributed by atoms with E-state index in [9.17, 15) is 9.59 Å². The van der Waals surface area contributed by atoms with Gasteiger partial charge in [0.05, 0.1) is 6.54 Å². The third-order valence-corrected chi connectivity index (χ3v) is 6.52. The van der Waals surface area contributed by atoms with E-state index in [4.69, 9.17) is 0 Å². The topological polar surface area (TPSA) is 52.7 Å². The Morgan fingerprint density at radius 2 is 1.59 bits per heavy atom. The van der Waals surface area contributed by atoms with Crippen LogP contribution in [0.25, 0.3) is 0 Å². The SMILES string of the molecule is O=C(NC1C[C@H]2CCC[C@H](C1)N2CC(=O)N1CCCCC1)c1ccccc1. The van der Waals surface area contributed by atoms with Crippen LogP contribution in [0, 0.1) is 0 Å². The zero-order chi connectivity index (χ0) is 18.6. The van der Waals surface area contributed by atoms with Crippen LogP contribution in [-0.4, -0.2) is 59.4 Å². The summed E-state index contributed by atoms with van der Waals surface area (Å²) in [6.07, 6.45) is 8.98. The average molecular weight is 370 g/mol. The molecule has 0 aromatic heterocycles. The lowest BCUT2D eigenvalue weighted by Gasteiger charge is -2.49. The second-order valence-corrected chi connectivity index (χ2v) is 8.36. The molecule has 2 amide bonds. The molecule has 5 nitrogen and oxygen atoms in total. The maximum atomic E-state index is 12.8. The van der Waals surface area contributed by atoms with Crippen LogP contribution >= 0.6 is 0 Å². The van der Waals surface area contributed by atoms with Gasteiger partial charge >= 0.3 is 0 Å². The molecule has 5 heteroatoms. The first kappa shape index (κ1) is 18.5. The zero-order valence-electron chi connectivity index (χ0n) is 16.1. The molecule has 27 heavy (non-hydrogen) atoms. The first-order valence-electron chi connectivity index (χ1n) is 10.6. The normalized spacial score (nSPS) is 28.6. The monoisotopic (exact) mass is 369 g/mol. The van der Waals surface area contributed by atoms with Gasteiger partial charge in [-0.05, 0) is 57.1 Å². The minimum absolute atomic E-state index is 0.0246. The molecule has 2 bridgehead atoms. The summed E-state index contributed by atoms with van der Waals surface area (Å²) >= 11 is 0. The van der Waals surface area contributed by atoms with Crippen LogP contribution in [0.1, 0.15) is 61.7 Å². The summed E-state index contributed by atoms with van der Waals surface area (Å²) in [6, 6.07) is 10.5. The molecule has 1 N–H and O–H groups in total. The van der Waals surface area contributed by atoms with Crippen molar-refractivity contribution in [3.63, 3.8) is 0 Å². The minimum Gasteiger partial charge on any atom is -0.349 e. The number of nitrogens with one attached hydrogen (secondary N) is 1. The van der Waals surface area contributed by atoms with Crippen molar-refractivity contribution in [2.75, 3.05) is 19.6 Å². The van der Waals surface area contributed by atoms with Gasteiger partial charge in [-0.3, -0.25) is 14.5 Å². The van der Waals surface area contributed by atoms with E-state index in [1.54, 1.807) is 0 Å². The van der Waals surface area contributed by atoms with E-state index in [1.165, 1.54) is 12.8 Å². The Kier molecular flexibility index (Phi) is 5.77. The van der Waals surface area contributed by atoms with E-state index in [0.29, 0.717) is 24.5 Å².